The van der Waals surface area contributed by atoms with E-state index < -0.39 is 0 Å². The molecule has 12 heavy (non-hydrogen) atoms. The van der Waals surface area contributed by atoms with Crippen LogP contribution in [0.1, 0.15) is 25.8 Å². The molecule has 1 saturated carbocycles. The molecule has 3 nitrogen and oxygen atoms in total. The van der Waals surface area contributed by atoms with Crippen molar-refractivity contribution in [3.8, 4) is 0 Å². The topological polar surface area (TPSA) is 29.9 Å². The highest BCUT2D eigenvalue weighted by Crippen LogP contribution is 2.19. The Labute approximate surface area is 72.8 Å². The van der Waals surface area contributed by atoms with Crippen molar-refractivity contribution in [3.63, 3.8) is 0 Å². The number of aromatic nitrogens is 2. The number of rotatable bonds is 4. The minimum atomic E-state index is 0.473. The van der Waals surface area contributed by atoms with Gasteiger partial charge in [0, 0.05) is 25.0 Å². The van der Waals surface area contributed by atoms with Gasteiger partial charge in [0.05, 0.1) is 6.04 Å². The predicted molar refractivity (Wildman–Crippen MR) is 48.0 cm³/mol. The molecule has 1 aromatic heterocycles. The summed E-state index contributed by atoms with van der Waals surface area (Å²) in [7, 11) is 0. The van der Waals surface area contributed by atoms with Gasteiger partial charge in [0.15, 0.2) is 0 Å². The van der Waals surface area contributed by atoms with Gasteiger partial charge in [-0.2, -0.15) is 5.10 Å². The van der Waals surface area contributed by atoms with Gasteiger partial charge in [0.2, 0.25) is 0 Å². The average molecular weight is 165 g/mol. The zero-order valence-electron chi connectivity index (χ0n) is 7.40. The first kappa shape index (κ1) is 7.80. The molecule has 1 unspecified atom stereocenters. The molecule has 0 radical (unpaired) electrons. The normalized spacial score (nSPS) is 19.4. The maximum absolute atomic E-state index is 4.19. The summed E-state index contributed by atoms with van der Waals surface area (Å²) in [6, 6.07) is 3.23. The first-order valence-electron chi connectivity index (χ1n) is 4.59. The molecular formula is C9H15N3. The van der Waals surface area contributed by atoms with Crippen molar-refractivity contribution in [1.82, 2.24) is 15.1 Å². The van der Waals surface area contributed by atoms with Crippen LogP contribution in [0.25, 0.3) is 0 Å². The van der Waals surface area contributed by atoms with E-state index in [1.54, 1.807) is 0 Å². The highest BCUT2D eigenvalue weighted by Gasteiger charge is 2.20. The standard InChI is InChI=1S/C9H15N3/c1-8(7-10-9-3-4-9)12-6-2-5-11-12/h2,5-6,8-10H,3-4,7H2,1H3. The van der Waals surface area contributed by atoms with Gasteiger partial charge >= 0.3 is 0 Å². The highest BCUT2D eigenvalue weighted by molar-refractivity contribution is 4.84. The van der Waals surface area contributed by atoms with E-state index in [1.165, 1.54) is 12.8 Å². The van der Waals surface area contributed by atoms with Crippen LogP contribution in [-0.4, -0.2) is 22.4 Å². The second-order valence-electron chi connectivity index (χ2n) is 3.52. The minimum Gasteiger partial charge on any atom is -0.312 e. The maximum Gasteiger partial charge on any atom is 0.0615 e. The van der Waals surface area contributed by atoms with Gasteiger partial charge in [-0.15, -0.1) is 0 Å². The third-order valence-electron chi connectivity index (χ3n) is 2.26. The zero-order chi connectivity index (χ0) is 8.39. The number of hydrogen-bond donors (Lipinski definition) is 1. The molecule has 1 atom stereocenters. The van der Waals surface area contributed by atoms with E-state index in [2.05, 4.69) is 17.3 Å². The lowest BCUT2D eigenvalue weighted by Crippen LogP contribution is -2.25. The van der Waals surface area contributed by atoms with Crippen molar-refractivity contribution >= 4 is 0 Å². The lowest BCUT2D eigenvalue weighted by Gasteiger charge is -2.12. The molecular weight excluding hydrogens is 150 g/mol. The Bertz CT molecular complexity index is 226. The van der Waals surface area contributed by atoms with Crippen molar-refractivity contribution in [2.24, 2.45) is 0 Å². The van der Waals surface area contributed by atoms with Crippen molar-refractivity contribution in [2.75, 3.05) is 6.54 Å². The van der Waals surface area contributed by atoms with Crippen LogP contribution in [-0.2, 0) is 0 Å². The summed E-state index contributed by atoms with van der Waals surface area (Å²) in [6.45, 7) is 3.22. The van der Waals surface area contributed by atoms with Crippen LogP contribution in [0, 0.1) is 0 Å². The first-order valence-corrected chi connectivity index (χ1v) is 4.59. The van der Waals surface area contributed by atoms with Gasteiger partial charge in [0.1, 0.15) is 0 Å². The molecule has 0 amide bonds. The number of nitrogens with one attached hydrogen (secondary N) is 1. The lowest BCUT2D eigenvalue weighted by atomic mass is 10.3. The van der Waals surface area contributed by atoms with E-state index in [9.17, 15) is 0 Å². The summed E-state index contributed by atoms with van der Waals surface area (Å²) < 4.78 is 2.00. The molecule has 1 aliphatic carbocycles. The van der Waals surface area contributed by atoms with Gasteiger partial charge in [-0.3, -0.25) is 4.68 Å². The fourth-order valence-corrected chi connectivity index (χ4v) is 1.26. The van der Waals surface area contributed by atoms with E-state index >= 15 is 0 Å². The largest absolute Gasteiger partial charge is 0.312 e. The average Bonchev–Trinajstić information content (AvgIpc) is 2.74. The molecule has 2 rings (SSSR count). The van der Waals surface area contributed by atoms with Crippen LogP contribution >= 0.6 is 0 Å². The minimum absolute atomic E-state index is 0.473. The molecule has 1 N–H and O–H groups in total. The van der Waals surface area contributed by atoms with E-state index in [4.69, 9.17) is 0 Å². The molecule has 1 heterocycles. The van der Waals surface area contributed by atoms with E-state index in [-0.39, 0.29) is 0 Å². The first-order chi connectivity index (χ1) is 5.86. The molecule has 66 valence electrons. The number of hydrogen-bond acceptors (Lipinski definition) is 2. The fraction of sp³-hybridized carbons (Fsp3) is 0.667. The van der Waals surface area contributed by atoms with Gasteiger partial charge in [-0.05, 0) is 25.8 Å². The Balaban J connectivity index is 1.79. The summed E-state index contributed by atoms with van der Waals surface area (Å²) in [5.41, 5.74) is 0. The molecule has 0 saturated heterocycles. The third-order valence-corrected chi connectivity index (χ3v) is 2.26. The van der Waals surface area contributed by atoms with Crippen LogP contribution < -0.4 is 5.32 Å². The van der Waals surface area contributed by atoms with E-state index in [1.807, 2.05) is 23.1 Å². The Morgan fingerprint density at radius 3 is 3.08 bits per heavy atom. The summed E-state index contributed by atoms with van der Waals surface area (Å²) in [6.07, 6.45) is 6.55. The van der Waals surface area contributed by atoms with Crippen molar-refractivity contribution < 1.29 is 0 Å². The van der Waals surface area contributed by atoms with Crippen LogP contribution in [0.4, 0.5) is 0 Å². The van der Waals surface area contributed by atoms with Crippen LogP contribution in [0.5, 0.6) is 0 Å². The van der Waals surface area contributed by atoms with Crippen molar-refractivity contribution in [3.05, 3.63) is 18.5 Å². The molecule has 1 aromatic rings. The molecule has 0 spiro atoms. The highest BCUT2D eigenvalue weighted by atomic mass is 15.3. The van der Waals surface area contributed by atoms with Crippen LogP contribution in [0.2, 0.25) is 0 Å². The van der Waals surface area contributed by atoms with Gasteiger partial charge < -0.3 is 5.32 Å². The van der Waals surface area contributed by atoms with Crippen molar-refractivity contribution in [1.29, 1.82) is 0 Å². The van der Waals surface area contributed by atoms with E-state index in [0.717, 1.165) is 12.6 Å². The monoisotopic (exact) mass is 165 g/mol. The molecule has 3 heteroatoms. The van der Waals surface area contributed by atoms with Crippen molar-refractivity contribution in [2.45, 2.75) is 31.8 Å². The SMILES string of the molecule is CC(CNC1CC1)n1cccn1. The molecule has 0 bridgehead atoms. The number of nitrogens with zero attached hydrogens (tertiary/aromatic N) is 2. The fourth-order valence-electron chi connectivity index (χ4n) is 1.26. The Kier molecular flexibility index (Phi) is 2.13. The summed E-state index contributed by atoms with van der Waals surface area (Å²) in [4.78, 5) is 0. The molecule has 0 aromatic carbocycles. The zero-order valence-corrected chi connectivity index (χ0v) is 7.40. The molecule has 0 aliphatic heterocycles. The van der Waals surface area contributed by atoms with Crippen LogP contribution in [0.15, 0.2) is 18.5 Å². The third kappa shape index (κ3) is 1.85. The Morgan fingerprint density at radius 2 is 2.50 bits per heavy atom. The van der Waals surface area contributed by atoms with Crippen LogP contribution in [0.3, 0.4) is 0 Å². The van der Waals surface area contributed by atoms with Gasteiger partial charge in [-0.25, -0.2) is 0 Å². The Morgan fingerprint density at radius 1 is 1.67 bits per heavy atom. The van der Waals surface area contributed by atoms with Gasteiger partial charge in [0.25, 0.3) is 0 Å². The smallest absolute Gasteiger partial charge is 0.0615 e. The Hall–Kier alpha value is -0.830. The maximum atomic E-state index is 4.19. The predicted octanol–water partition coefficient (Wildman–Crippen LogP) is 1.20. The summed E-state index contributed by atoms with van der Waals surface area (Å²) in [5.74, 6) is 0. The molecule has 1 aliphatic rings. The second kappa shape index (κ2) is 3.27. The molecule has 1 fully saturated rings. The quantitative estimate of drug-likeness (QED) is 0.726. The van der Waals surface area contributed by atoms with E-state index in [0.29, 0.717) is 6.04 Å². The lowest BCUT2D eigenvalue weighted by molar-refractivity contribution is 0.452. The second-order valence-corrected chi connectivity index (χ2v) is 3.52. The van der Waals surface area contributed by atoms with Gasteiger partial charge in [-0.1, -0.05) is 0 Å². The summed E-state index contributed by atoms with van der Waals surface area (Å²) in [5, 5.41) is 7.67. The summed E-state index contributed by atoms with van der Waals surface area (Å²) >= 11 is 0.